The molecule has 0 spiro atoms. The lowest BCUT2D eigenvalue weighted by molar-refractivity contribution is -0.137. The van der Waals surface area contributed by atoms with E-state index < -0.39 is 5.97 Å². The number of halogens is 1. The first kappa shape index (κ1) is 19.8. The summed E-state index contributed by atoms with van der Waals surface area (Å²) in [6, 6.07) is 11.8. The number of carboxylic acid groups (broad SMARTS) is 1. The summed E-state index contributed by atoms with van der Waals surface area (Å²) in [5.41, 5.74) is 3.14. The largest absolute Gasteiger partial charge is 0.481 e. The number of hydrogen-bond acceptors (Lipinski definition) is 4. The van der Waals surface area contributed by atoms with E-state index in [0.717, 1.165) is 54.3 Å². The van der Waals surface area contributed by atoms with E-state index in [-0.39, 0.29) is 12.5 Å². The molecule has 0 aliphatic carbocycles. The van der Waals surface area contributed by atoms with Crippen LogP contribution in [0.4, 0.5) is 0 Å². The third kappa shape index (κ3) is 6.31. The Morgan fingerprint density at radius 2 is 1.93 bits per heavy atom. The molecule has 0 unspecified atom stereocenters. The van der Waals surface area contributed by atoms with E-state index in [4.69, 9.17) is 21.4 Å². The lowest BCUT2D eigenvalue weighted by atomic mass is 10.1. The summed E-state index contributed by atoms with van der Waals surface area (Å²) in [7, 11) is 0. The number of ether oxygens (including phenoxy) is 1. The van der Waals surface area contributed by atoms with Crippen LogP contribution in [0.5, 0.6) is 0 Å². The van der Waals surface area contributed by atoms with Gasteiger partial charge >= 0.3 is 5.97 Å². The van der Waals surface area contributed by atoms with Crippen LogP contribution < -0.4 is 0 Å². The van der Waals surface area contributed by atoms with E-state index in [2.05, 4.69) is 16.0 Å². The highest BCUT2D eigenvalue weighted by Crippen LogP contribution is 2.22. The van der Waals surface area contributed by atoms with Crippen LogP contribution in [0.15, 0.2) is 42.6 Å². The number of rotatable bonds is 8. The number of carboxylic acids is 1. The Hall–Kier alpha value is -1.95. The van der Waals surface area contributed by atoms with E-state index in [0.29, 0.717) is 13.0 Å². The van der Waals surface area contributed by atoms with Crippen molar-refractivity contribution < 1.29 is 14.6 Å². The van der Waals surface area contributed by atoms with Crippen molar-refractivity contribution in [2.75, 3.05) is 19.6 Å². The average molecular weight is 389 g/mol. The lowest BCUT2D eigenvalue weighted by Crippen LogP contribution is -2.37. The number of pyridine rings is 1. The van der Waals surface area contributed by atoms with Gasteiger partial charge in [-0.1, -0.05) is 23.7 Å². The van der Waals surface area contributed by atoms with Crippen LogP contribution in [0.1, 0.15) is 31.4 Å². The van der Waals surface area contributed by atoms with Gasteiger partial charge in [-0.15, -0.1) is 0 Å². The molecular weight excluding hydrogens is 364 g/mol. The maximum atomic E-state index is 10.6. The van der Waals surface area contributed by atoms with Gasteiger partial charge in [-0.05, 0) is 61.2 Å². The van der Waals surface area contributed by atoms with Crippen LogP contribution in [0, 0.1) is 0 Å². The minimum absolute atomic E-state index is 0.238. The standard InChI is InChI=1S/C21H25ClN2O3/c22-18-5-3-16(4-6-18)17-7-10-23-19(14-17)15-27-20-8-12-24(13-9-20)11-1-2-21(25)26/h3-7,10,14,20H,1-2,8-9,11-13,15H2,(H,25,26). The molecule has 1 aliphatic heterocycles. The molecule has 2 aromatic rings. The molecule has 0 atom stereocenters. The van der Waals surface area contributed by atoms with Crippen molar-refractivity contribution in [2.45, 2.75) is 38.4 Å². The molecule has 1 aromatic heterocycles. The number of likely N-dealkylation sites (tertiary alicyclic amines) is 1. The molecule has 0 radical (unpaired) electrons. The molecule has 1 saturated heterocycles. The van der Waals surface area contributed by atoms with Crippen molar-refractivity contribution >= 4 is 17.6 Å². The zero-order chi connectivity index (χ0) is 19.1. The molecule has 3 rings (SSSR count). The van der Waals surface area contributed by atoms with Crippen molar-refractivity contribution in [2.24, 2.45) is 0 Å². The Bertz CT molecular complexity index is 743. The number of hydrogen-bond donors (Lipinski definition) is 1. The number of piperidine rings is 1. The first-order valence-corrected chi connectivity index (χ1v) is 9.74. The van der Waals surface area contributed by atoms with Gasteiger partial charge in [0.15, 0.2) is 0 Å². The highest BCUT2D eigenvalue weighted by molar-refractivity contribution is 6.30. The Labute approximate surface area is 164 Å². The highest BCUT2D eigenvalue weighted by atomic mass is 35.5. The van der Waals surface area contributed by atoms with Gasteiger partial charge < -0.3 is 14.7 Å². The zero-order valence-corrected chi connectivity index (χ0v) is 16.1. The van der Waals surface area contributed by atoms with Crippen molar-refractivity contribution in [3.8, 4) is 11.1 Å². The summed E-state index contributed by atoms with van der Waals surface area (Å²) in [4.78, 5) is 17.3. The van der Waals surface area contributed by atoms with Crippen LogP contribution in [0.2, 0.25) is 5.02 Å². The van der Waals surface area contributed by atoms with Gasteiger partial charge in [0.1, 0.15) is 0 Å². The highest BCUT2D eigenvalue weighted by Gasteiger charge is 2.19. The fourth-order valence-electron chi connectivity index (χ4n) is 3.34. The van der Waals surface area contributed by atoms with E-state index in [1.54, 1.807) is 0 Å². The van der Waals surface area contributed by atoms with Gasteiger partial charge in [0, 0.05) is 30.7 Å². The maximum Gasteiger partial charge on any atom is 0.303 e. The van der Waals surface area contributed by atoms with Crippen molar-refractivity contribution in [1.29, 1.82) is 0 Å². The predicted octanol–water partition coefficient (Wildman–Crippen LogP) is 4.25. The number of nitrogens with zero attached hydrogens (tertiary/aromatic N) is 2. The van der Waals surface area contributed by atoms with Crippen LogP contribution in [0.25, 0.3) is 11.1 Å². The second kappa shape index (κ2) is 9.83. The third-order valence-electron chi connectivity index (χ3n) is 4.86. The summed E-state index contributed by atoms with van der Waals surface area (Å²) < 4.78 is 6.07. The van der Waals surface area contributed by atoms with Gasteiger partial charge in [0.2, 0.25) is 0 Å². The van der Waals surface area contributed by atoms with E-state index in [9.17, 15) is 4.79 Å². The molecule has 1 fully saturated rings. The Morgan fingerprint density at radius 1 is 1.19 bits per heavy atom. The van der Waals surface area contributed by atoms with Crippen molar-refractivity contribution in [3.63, 3.8) is 0 Å². The van der Waals surface area contributed by atoms with Gasteiger partial charge in [-0.25, -0.2) is 0 Å². The van der Waals surface area contributed by atoms with Gasteiger partial charge in [-0.3, -0.25) is 9.78 Å². The summed E-state index contributed by atoms with van der Waals surface area (Å²) in [6.45, 7) is 3.28. The minimum Gasteiger partial charge on any atom is -0.481 e. The molecule has 1 aromatic carbocycles. The SMILES string of the molecule is O=C(O)CCCN1CCC(OCc2cc(-c3ccc(Cl)cc3)ccn2)CC1. The van der Waals surface area contributed by atoms with Crippen LogP contribution in [0.3, 0.4) is 0 Å². The summed E-state index contributed by atoms with van der Waals surface area (Å²) in [6.07, 6.45) is 4.96. The normalized spacial score (nSPS) is 15.7. The maximum absolute atomic E-state index is 10.6. The van der Waals surface area contributed by atoms with Gasteiger partial charge in [0.25, 0.3) is 0 Å². The third-order valence-corrected chi connectivity index (χ3v) is 5.11. The molecule has 1 aliphatic rings. The zero-order valence-electron chi connectivity index (χ0n) is 15.3. The van der Waals surface area contributed by atoms with Gasteiger partial charge in [0.05, 0.1) is 18.4 Å². The molecule has 0 saturated carbocycles. The second-order valence-electron chi connectivity index (χ2n) is 6.89. The number of aromatic nitrogens is 1. The fraction of sp³-hybridized carbons (Fsp3) is 0.429. The van der Waals surface area contributed by atoms with Crippen molar-refractivity contribution in [1.82, 2.24) is 9.88 Å². The molecule has 2 heterocycles. The van der Waals surface area contributed by atoms with E-state index in [1.165, 1.54) is 0 Å². The summed E-state index contributed by atoms with van der Waals surface area (Å²) in [5, 5.41) is 9.44. The Morgan fingerprint density at radius 3 is 2.63 bits per heavy atom. The second-order valence-corrected chi connectivity index (χ2v) is 7.33. The van der Waals surface area contributed by atoms with Crippen LogP contribution >= 0.6 is 11.6 Å². The van der Waals surface area contributed by atoms with Crippen molar-refractivity contribution in [3.05, 3.63) is 53.3 Å². The molecule has 27 heavy (non-hydrogen) atoms. The number of benzene rings is 1. The average Bonchev–Trinajstić information content (AvgIpc) is 2.68. The monoisotopic (exact) mass is 388 g/mol. The first-order chi connectivity index (χ1) is 13.1. The molecule has 0 bridgehead atoms. The minimum atomic E-state index is -0.721. The van der Waals surface area contributed by atoms with E-state index >= 15 is 0 Å². The predicted molar refractivity (Wildman–Crippen MR) is 106 cm³/mol. The number of aliphatic carboxylic acids is 1. The number of carbonyl (C=O) groups is 1. The molecule has 144 valence electrons. The van der Waals surface area contributed by atoms with E-state index in [1.807, 2.05) is 36.5 Å². The smallest absolute Gasteiger partial charge is 0.303 e. The Balaban J connectivity index is 1.45. The topological polar surface area (TPSA) is 62.7 Å². The quantitative estimate of drug-likeness (QED) is 0.732. The Kier molecular flexibility index (Phi) is 7.21. The van der Waals surface area contributed by atoms with Crippen LogP contribution in [-0.4, -0.2) is 46.7 Å². The van der Waals surface area contributed by atoms with Crippen LogP contribution in [-0.2, 0) is 16.1 Å². The molecule has 5 nitrogen and oxygen atoms in total. The lowest BCUT2D eigenvalue weighted by Gasteiger charge is -2.31. The molecule has 6 heteroatoms. The first-order valence-electron chi connectivity index (χ1n) is 9.37. The summed E-state index contributed by atoms with van der Waals surface area (Å²) >= 11 is 5.96. The molecular formula is C21H25ClN2O3. The van der Waals surface area contributed by atoms with Gasteiger partial charge in [-0.2, -0.15) is 0 Å². The summed E-state index contributed by atoms with van der Waals surface area (Å²) in [5.74, 6) is -0.721. The molecule has 1 N–H and O–H groups in total. The molecule has 0 amide bonds. The fourth-order valence-corrected chi connectivity index (χ4v) is 3.46.